The highest BCUT2D eigenvalue weighted by atomic mass is 32.2. The maximum Gasteiger partial charge on any atom is 0.335 e. The van der Waals surface area contributed by atoms with E-state index in [9.17, 15) is 19.2 Å². The van der Waals surface area contributed by atoms with Gasteiger partial charge in [-0.25, -0.2) is 14.6 Å². The van der Waals surface area contributed by atoms with Gasteiger partial charge in [0.25, 0.3) is 11.8 Å². The van der Waals surface area contributed by atoms with Crippen molar-refractivity contribution in [2.24, 2.45) is 5.10 Å². The smallest absolute Gasteiger partial charge is 0.335 e. The first kappa shape index (κ1) is 35.0. The van der Waals surface area contributed by atoms with Crippen LogP contribution < -0.4 is 25.1 Å². The van der Waals surface area contributed by atoms with Crippen molar-refractivity contribution in [2.45, 2.75) is 69.7 Å². The molecule has 1 aliphatic carbocycles. The minimum Gasteiger partial charge on any atom is -0.496 e. The average Bonchev–Trinajstić information content (AvgIpc) is 3.42. The van der Waals surface area contributed by atoms with Gasteiger partial charge >= 0.3 is 12.0 Å². The fraction of sp³-hybridized carbons (Fsp3) is 0.343. The Kier molecular flexibility index (Phi) is 12.8. The van der Waals surface area contributed by atoms with Gasteiger partial charge in [-0.15, -0.1) is 0 Å². The van der Waals surface area contributed by atoms with Crippen LogP contribution in [-0.2, 0) is 11.2 Å². The number of hydrazone groups is 1. The molecule has 1 saturated carbocycles. The first-order chi connectivity index (χ1) is 22.6. The number of rotatable bonds is 10. The zero-order valence-corrected chi connectivity index (χ0v) is 27.7. The van der Waals surface area contributed by atoms with E-state index in [1.54, 1.807) is 26.2 Å². The number of ether oxygens (including phenoxy) is 1. The molecule has 47 heavy (non-hydrogen) atoms. The van der Waals surface area contributed by atoms with Crippen molar-refractivity contribution < 1.29 is 29.0 Å². The number of carbonyl (C=O) groups is 4. The van der Waals surface area contributed by atoms with Crippen LogP contribution in [0.4, 0.5) is 10.5 Å². The van der Waals surface area contributed by atoms with Crippen LogP contribution in [0.2, 0.25) is 0 Å². The van der Waals surface area contributed by atoms with Crippen LogP contribution in [-0.4, -0.2) is 54.3 Å². The Hall–Kier alpha value is -4.84. The Morgan fingerprint density at radius 2 is 1.68 bits per heavy atom. The van der Waals surface area contributed by atoms with Crippen LogP contribution in [0.3, 0.4) is 0 Å². The fourth-order valence-corrected chi connectivity index (χ4v) is 5.75. The molecular weight excluding hydrogens is 618 g/mol. The van der Waals surface area contributed by atoms with E-state index in [1.807, 2.05) is 49.4 Å². The number of carboxylic acids is 1. The lowest BCUT2D eigenvalue weighted by Gasteiger charge is -2.22. The third-order valence-corrected chi connectivity index (χ3v) is 8.49. The number of nitrogens with one attached hydrogen (secondary N) is 3. The van der Waals surface area contributed by atoms with Crippen molar-refractivity contribution >= 4 is 47.2 Å². The topological polar surface area (TPSA) is 149 Å². The first-order valence-corrected chi connectivity index (χ1v) is 16.4. The number of urea groups is 1. The van der Waals surface area contributed by atoms with E-state index in [2.05, 4.69) is 20.5 Å². The highest BCUT2D eigenvalue weighted by molar-refractivity contribution is 7.98. The summed E-state index contributed by atoms with van der Waals surface area (Å²) in [5.41, 5.74) is 4.22. The molecule has 1 heterocycles. The van der Waals surface area contributed by atoms with Crippen LogP contribution >= 0.6 is 11.9 Å². The molecule has 12 heteroatoms. The van der Waals surface area contributed by atoms with Crippen molar-refractivity contribution in [3.05, 3.63) is 89.0 Å². The van der Waals surface area contributed by atoms with E-state index in [0.717, 1.165) is 41.0 Å². The first-order valence-electron chi connectivity index (χ1n) is 15.6. The van der Waals surface area contributed by atoms with Gasteiger partial charge in [0.05, 0.1) is 30.3 Å². The van der Waals surface area contributed by atoms with E-state index in [1.165, 1.54) is 48.4 Å². The molecule has 0 saturated heterocycles. The van der Waals surface area contributed by atoms with E-state index >= 15 is 0 Å². The maximum absolute atomic E-state index is 12.5. The van der Waals surface area contributed by atoms with Crippen molar-refractivity contribution in [3.63, 3.8) is 0 Å². The molecule has 0 atom stereocenters. The summed E-state index contributed by atoms with van der Waals surface area (Å²) in [5, 5.41) is 20.1. The van der Waals surface area contributed by atoms with E-state index < -0.39 is 5.97 Å². The number of anilines is 1. The molecule has 0 spiro atoms. The van der Waals surface area contributed by atoms with Crippen molar-refractivity contribution in [1.29, 1.82) is 0 Å². The van der Waals surface area contributed by atoms with Gasteiger partial charge in [-0.2, -0.15) is 5.10 Å². The number of carboxylic acid groups (broad SMARTS) is 1. The van der Waals surface area contributed by atoms with Gasteiger partial charge in [0.2, 0.25) is 0 Å². The van der Waals surface area contributed by atoms with Gasteiger partial charge in [0, 0.05) is 23.2 Å². The third kappa shape index (κ3) is 10.6. The maximum atomic E-state index is 12.5. The molecule has 1 aliphatic heterocycles. The highest BCUT2D eigenvalue weighted by Crippen LogP contribution is 2.22. The lowest BCUT2D eigenvalue weighted by atomic mass is 9.96. The summed E-state index contributed by atoms with van der Waals surface area (Å²) >= 11 is 1.31. The molecule has 5 rings (SSSR count). The zero-order chi connectivity index (χ0) is 33.8. The number of methoxy groups -OCH3 is 1. The number of carbonyl (C=O) groups excluding carboxylic acids is 3. The Balaban J connectivity index is 0.000000261. The average molecular weight is 660 g/mol. The van der Waals surface area contributed by atoms with Gasteiger partial charge in [-0.1, -0.05) is 43.0 Å². The Morgan fingerprint density at radius 1 is 0.979 bits per heavy atom. The van der Waals surface area contributed by atoms with Gasteiger partial charge in [0.15, 0.2) is 0 Å². The molecule has 248 valence electrons. The SMILES string of the molecule is CC1=NN(c2ccc(C(=O)O)cc2)C(=O)C1.COc1ccc(C)cc1C(=O)NCCc1ccc(SNC(=O)NC2CCCCC2)cc1. The number of benzene rings is 3. The standard InChI is InChI=1S/C24H31N3O3S.C11H10N2O3/c1-17-8-13-22(30-2)21(16-17)23(28)25-15-14-18-9-11-20(12-10-18)31-27-24(29)26-19-6-4-3-5-7-19;1-7-6-10(14)13(12-7)9-4-2-8(3-5-9)11(15)16/h8-13,16,19H,3-7,14-15H2,1-2H3,(H,25,28)(H2,26,27,29);2-5H,6H2,1H3,(H,15,16). The number of hydrogen-bond acceptors (Lipinski definition) is 7. The number of nitrogens with zero attached hydrogens (tertiary/aromatic N) is 2. The molecule has 4 N–H and O–H groups in total. The van der Waals surface area contributed by atoms with E-state index in [-0.39, 0.29) is 23.4 Å². The predicted octanol–water partition coefficient (Wildman–Crippen LogP) is 6.11. The normalized spacial score (nSPS) is 14.4. The Labute approximate surface area is 279 Å². The van der Waals surface area contributed by atoms with E-state index in [0.29, 0.717) is 36.0 Å². The van der Waals surface area contributed by atoms with Crippen LogP contribution in [0.25, 0.3) is 0 Å². The summed E-state index contributed by atoms with van der Waals surface area (Å²) in [4.78, 5) is 47.6. The predicted molar refractivity (Wildman–Crippen MR) is 183 cm³/mol. The second-order valence-corrected chi connectivity index (χ2v) is 12.3. The summed E-state index contributed by atoms with van der Waals surface area (Å²) in [6.45, 7) is 4.26. The lowest BCUT2D eigenvalue weighted by molar-refractivity contribution is -0.116. The molecule has 1 fully saturated rings. The second kappa shape index (κ2) is 17.2. The largest absolute Gasteiger partial charge is 0.496 e. The number of aromatic carboxylic acids is 1. The van der Waals surface area contributed by atoms with Crippen LogP contribution in [0.5, 0.6) is 5.75 Å². The quantitative estimate of drug-likeness (QED) is 0.192. The van der Waals surface area contributed by atoms with Crippen molar-refractivity contribution in [2.75, 3.05) is 18.7 Å². The number of amides is 4. The molecule has 3 aromatic carbocycles. The summed E-state index contributed by atoms with van der Waals surface area (Å²) < 4.78 is 8.14. The molecule has 0 radical (unpaired) electrons. The summed E-state index contributed by atoms with van der Waals surface area (Å²) in [5.74, 6) is -0.648. The molecule has 4 amide bonds. The Morgan fingerprint density at radius 3 is 2.30 bits per heavy atom. The zero-order valence-electron chi connectivity index (χ0n) is 26.9. The van der Waals surface area contributed by atoms with Crippen LogP contribution in [0.1, 0.15) is 77.3 Å². The highest BCUT2D eigenvalue weighted by Gasteiger charge is 2.22. The molecule has 0 aromatic heterocycles. The molecule has 11 nitrogen and oxygen atoms in total. The fourth-order valence-electron chi connectivity index (χ4n) is 5.21. The van der Waals surface area contributed by atoms with Crippen LogP contribution in [0.15, 0.2) is 76.7 Å². The summed E-state index contributed by atoms with van der Waals surface area (Å²) in [7, 11) is 1.56. The summed E-state index contributed by atoms with van der Waals surface area (Å²) in [6, 6.07) is 19.8. The number of aryl methyl sites for hydroxylation is 1. The molecular formula is C35H41N5O6S. The lowest BCUT2D eigenvalue weighted by Crippen LogP contribution is -2.40. The molecule has 2 aliphatic rings. The molecule has 0 unspecified atom stereocenters. The third-order valence-electron chi connectivity index (χ3n) is 7.70. The minimum atomic E-state index is -0.987. The van der Waals surface area contributed by atoms with Gasteiger partial charge in [-0.3, -0.25) is 14.3 Å². The second-order valence-electron chi connectivity index (χ2n) is 11.4. The number of hydrogen-bond donors (Lipinski definition) is 4. The Bertz CT molecular complexity index is 1590. The van der Waals surface area contributed by atoms with Crippen LogP contribution in [0, 0.1) is 6.92 Å². The minimum absolute atomic E-state index is 0.0967. The van der Waals surface area contributed by atoms with E-state index in [4.69, 9.17) is 9.84 Å². The van der Waals surface area contributed by atoms with Gasteiger partial charge < -0.3 is 20.5 Å². The van der Waals surface area contributed by atoms with Crippen molar-refractivity contribution in [1.82, 2.24) is 15.4 Å². The van der Waals surface area contributed by atoms with Gasteiger partial charge in [0.1, 0.15) is 5.75 Å². The van der Waals surface area contributed by atoms with Crippen molar-refractivity contribution in [3.8, 4) is 5.75 Å². The van der Waals surface area contributed by atoms with Gasteiger partial charge in [-0.05, 0) is 99.2 Å². The summed E-state index contributed by atoms with van der Waals surface area (Å²) in [6.07, 6.45) is 6.84. The molecule has 0 bridgehead atoms. The monoisotopic (exact) mass is 659 g/mol. The molecule has 3 aromatic rings.